The normalized spacial score (nSPS) is 22.0. The number of rotatable bonds is 5. The Morgan fingerprint density at radius 3 is 2.64 bits per heavy atom. The van der Waals surface area contributed by atoms with Crippen LogP contribution in [-0.2, 0) is 9.84 Å². The molecule has 1 aromatic heterocycles. The molecule has 2 fully saturated rings. The maximum absolute atomic E-state index is 12.6. The molecule has 0 radical (unpaired) electrons. The fraction of sp³-hybridized carbons (Fsp3) is 0.500. The van der Waals surface area contributed by atoms with Crippen LogP contribution in [0.4, 0.5) is 10.6 Å². The molecule has 2 amide bonds. The molecule has 4 rings (SSSR count). The highest BCUT2D eigenvalue weighted by Gasteiger charge is 2.34. The van der Waals surface area contributed by atoms with E-state index in [9.17, 15) is 13.2 Å². The Morgan fingerprint density at radius 1 is 1.25 bits per heavy atom. The lowest BCUT2D eigenvalue weighted by atomic mass is 10.0. The molecule has 1 aromatic carbocycles. The fourth-order valence-electron chi connectivity index (χ4n) is 3.83. The van der Waals surface area contributed by atoms with Crippen molar-refractivity contribution in [2.45, 2.75) is 51.1 Å². The Labute approximate surface area is 165 Å². The quantitative estimate of drug-likeness (QED) is 0.802. The largest absolute Gasteiger partial charge is 0.331 e. The molecular weight excluding hydrogens is 376 g/mol. The number of sulfone groups is 1. The lowest BCUT2D eigenvalue weighted by molar-refractivity contribution is 0.249. The van der Waals surface area contributed by atoms with Crippen LogP contribution in [0.15, 0.2) is 30.3 Å². The molecule has 7 nitrogen and oxygen atoms in total. The standard InChI is InChI=1S/C20H26N4O3S/c1-13-5-3-4-6-17(13)14(2)21-20(25)22-19-11-18(15-7-8-15)23-24(19)16-9-10-28(26,27)12-16/h3-6,11,14-16H,7-10,12H2,1-2H3,(H2,21,22,25)/t14-,16+/m1/s1. The third-order valence-corrected chi connectivity index (χ3v) is 7.30. The molecule has 28 heavy (non-hydrogen) atoms. The van der Waals surface area contributed by atoms with E-state index in [0.29, 0.717) is 18.2 Å². The second-order valence-corrected chi connectivity index (χ2v) is 10.1. The number of hydrogen-bond donors (Lipinski definition) is 2. The molecular formula is C20H26N4O3S. The maximum Gasteiger partial charge on any atom is 0.320 e. The van der Waals surface area contributed by atoms with E-state index in [0.717, 1.165) is 29.7 Å². The number of aromatic nitrogens is 2. The van der Waals surface area contributed by atoms with Gasteiger partial charge >= 0.3 is 6.03 Å². The van der Waals surface area contributed by atoms with E-state index in [1.807, 2.05) is 44.2 Å². The van der Waals surface area contributed by atoms with Crippen molar-refractivity contribution in [3.8, 4) is 0 Å². The molecule has 8 heteroatoms. The number of aryl methyl sites for hydroxylation is 1. The van der Waals surface area contributed by atoms with Gasteiger partial charge in [0, 0.05) is 12.0 Å². The summed E-state index contributed by atoms with van der Waals surface area (Å²) in [5.41, 5.74) is 3.12. The van der Waals surface area contributed by atoms with Gasteiger partial charge in [-0.05, 0) is 44.2 Å². The van der Waals surface area contributed by atoms with Crippen molar-refractivity contribution in [3.63, 3.8) is 0 Å². The minimum Gasteiger partial charge on any atom is -0.331 e. The Balaban J connectivity index is 1.50. The highest BCUT2D eigenvalue weighted by atomic mass is 32.2. The van der Waals surface area contributed by atoms with Gasteiger partial charge in [-0.15, -0.1) is 0 Å². The van der Waals surface area contributed by atoms with Crippen molar-refractivity contribution in [1.29, 1.82) is 0 Å². The summed E-state index contributed by atoms with van der Waals surface area (Å²) >= 11 is 0. The molecule has 1 aliphatic heterocycles. The third-order valence-electron chi connectivity index (χ3n) is 5.55. The van der Waals surface area contributed by atoms with Gasteiger partial charge in [0.2, 0.25) is 0 Å². The Hall–Kier alpha value is -2.35. The van der Waals surface area contributed by atoms with Gasteiger partial charge in [0.15, 0.2) is 9.84 Å². The van der Waals surface area contributed by atoms with Crippen LogP contribution in [0.25, 0.3) is 0 Å². The first kappa shape index (κ1) is 19.0. The van der Waals surface area contributed by atoms with Crippen LogP contribution in [0, 0.1) is 6.92 Å². The SMILES string of the molecule is Cc1ccccc1[C@@H](C)NC(=O)Nc1cc(C2CC2)nn1[C@H]1CCS(=O)(=O)C1. The van der Waals surface area contributed by atoms with E-state index < -0.39 is 9.84 Å². The van der Waals surface area contributed by atoms with Gasteiger partial charge in [-0.2, -0.15) is 5.10 Å². The molecule has 2 N–H and O–H groups in total. The summed E-state index contributed by atoms with van der Waals surface area (Å²) in [4.78, 5) is 12.6. The van der Waals surface area contributed by atoms with Crippen molar-refractivity contribution in [2.75, 3.05) is 16.8 Å². The molecule has 1 aliphatic carbocycles. The molecule has 2 atom stereocenters. The summed E-state index contributed by atoms with van der Waals surface area (Å²) < 4.78 is 25.5. The molecule has 0 bridgehead atoms. The lowest BCUT2D eigenvalue weighted by Crippen LogP contribution is -2.32. The van der Waals surface area contributed by atoms with Crippen molar-refractivity contribution in [2.24, 2.45) is 0 Å². The molecule has 2 heterocycles. The average molecular weight is 403 g/mol. The zero-order valence-electron chi connectivity index (χ0n) is 16.2. The van der Waals surface area contributed by atoms with E-state index in [-0.39, 0.29) is 29.6 Å². The van der Waals surface area contributed by atoms with Crippen LogP contribution in [0.2, 0.25) is 0 Å². The summed E-state index contributed by atoms with van der Waals surface area (Å²) in [6, 6.07) is 9.15. The molecule has 150 valence electrons. The number of anilines is 1. The van der Waals surface area contributed by atoms with Crippen molar-refractivity contribution >= 4 is 21.7 Å². The molecule has 2 aromatic rings. The second kappa shape index (κ2) is 7.24. The first-order valence-electron chi connectivity index (χ1n) is 9.75. The summed E-state index contributed by atoms with van der Waals surface area (Å²) in [6.45, 7) is 3.96. The van der Waals surface area contributed by atoms with Crippen molar-refractivity contribution < 1.29 is 13.2 Å². The highest BCUT2D eigenvalue weighted by molar-refractivity contribution is 7.91. The van der Waals surface area contributed by atoms with Gasteiger partial charge in [-0.25, -0.2) is 17.9 Å². The van der Waals surface area contributed by atoms with E-state index in [1.165, 1.54) is 0 Å². The van der Waals surface area contributed by atoms with Crippen molar-refractivity contribution in [3.05, 3.63) is 47.2 Å². The predicted octanol–water partition coefficient (Wildman–Crippen LogP) is 3.31. The monoisotopic (exact) mass is 402 g/mol. The molecule has 0 spiro atoms. The van der Waals surface area contributed by atoms with Crippen LogP contribution in [0.5, 0.6) is 0 Å². The molecule has 1 saturated heterocycles. The smallest absolute Gasteiger partial charge is 0.320 e. The number of urea groups is 1. The number of nitrogens with one attached hydrogen (secondary N) is 2. The Bertz CT molecular complexity index is 995. The van der Waals surface area contributed by atoms with Crippen LogP contribution in [0.3, 0.4) is 0 Å². The zero-order valence-corrected chi connectivity index (χ0v) is 17.0. The van der Waals surface area contributed by atoms with Crippen LogP contribution >= 0.6 is 0 Å². The van der Waals surface area contributed by atoms with Crippen molar-refractivity contribution in [1.82, 2.24) is 15.1 Å². The molecule has 1 saturated carbocycles. The van der Waals surface area contributed by atoms with Gasteiger partial charge in [-0.3, -0.25) is 5.32 Å². The minimum absolute atomic E-state index is 0.0781. The lowest BCUT2D eigenvalue weighted by Gasteiger charge is -2.18. The van der Waals surface area contributed by atoms with E-state index in [4.69, 9.17) is 0 Å². The van der Waals surface area contributed by atoms with Gasteiger partial charge in [0.05, 0.1) is 29.3 Å². The van der Waals surface area contributed by atoms with Gasteiger partial charge < -0.3 is 5.32 Å². The second-order valence-electron chi connectivity index (χ2n) is 7.91. The number of nitrogens with zero attached hydrogens (tertiary/aromatic N) is 2. The van der Waals surface area contributed by atoms with E-state index in [1.54, 1.807) is 4.68 Å². The zero-order chi connectivity index (χ0) is 19.9. The number of amides is 2. The predicted molar refractivity (Wildman–Crippen MR) is 108 cm³/mol. The number of hydrogen-bond acceptors (Lipinski definition) is 4. The molecule has 2 aliphatic rings. The average Bonchev–Trinajstić information content (AvgIpc) is 3.30. The highest BCUT2D eigenvalue weighted by Crippen LogP contribution is 2.41. The first-order chi connectivity index (χ1) is 13.3. The first-order valence-corrected chi connectivity index (χ1v) is 11.6. The number of carbonyl (C=O) groups is 1. The number of carbonyl (C=O) groups excluding carboxylic acids is 1. The summed E-state index contributed by atoms with van der Waals surface area (Å²) in [5, 5.41) is 10.5. The fourth-order valence-corrected chi connectivity index (χ4v) is 5.52. The van der Waals surface area contributed by atoms with Gasteiger partial charge in [0.25, 0.3) is 0 Å². The van der Waals surface area contributed by atoms with Crippen LogP contribution < -0.4 is 10.6 Å². The summed E-state index contributed by atoms with van der Waals surface area (Å²) in [6.07, 6.45) is 2.72. The van der Waals surface area contributed by atoms with Gasteiger partial charge in [0.1, 0.15) is 5.82 Å². The van der Waals surface area contributed by atoms with E-state index >= 15 is 0 Å². The Kier molecular flexibility index (Phi) is 4.91. The van der Waals surface area contributed by atoms with Gasteiger partial charge in [-0.1, -0.05) is 24.3 Å². The number of benzene rings is 1. The van der Waals surface area contributed by atoms with Crippen LogP contribution in [0.1, 0.15) is 61.0 Å². The molecule has 0 unspecified atom stereocenters. The third kappa shape index (κ3) is 4.06. The summed E-state index contributed by atoms with van der Waals surface area (Å²) in [7, 11) is -3.03. The Morgan fingerprint density at radius 2 is 2.00 bits per heavy atom. The summed E-state index contributed by atoms with van der Waals surface area (Å²) in [5.74, 6) is 1.24. The van der Waals surface area contributed by atoms with Crippen LogP contribution in [-0.4, -0.2) is 35.7 Å². The minimum atomic E-state index is -3.03. The topological polar surface area (TPSA) is 93.1 Å². The van der Waals surface area contributed by atoms with E-state index in [2.05, 4.69) is 15.7 Å². The maximum atomic E-state index is 12.6.